The Balaban J connectivity index is 2.97. The van der Waals surface area contributed by atoms with Crippen molar-refractivity contribution in [1.29, 1.82) is 0 Å². The quantitative estimate of drug-likeness (QED) is 0.532. The SMILES string of the molecule is CCCC(C)OCCOC. The van der Waals surface area contributed by atoms with Gasteiger partial charge in [0.1, 0.15) is 0 Å². The highest BCUT2D eigenvalue weighted by Crippen LogP contribution is 1.99. The van der Waals surface area contributed by atoms with E-state index in [4.69, 9.17) is 9.47 Å². The van der Waals surface area contributed by atoms with Crippen molar-refractivity contribution in [2.45, 2.75) is 32.8 Å². The first kappa shape index (κ1) is 9.92. The molecule has 0 spiro atoms. The molecule has 0 bridgehead atoms. The van der Waals surface area contributed by atoms with Crippen molar-refractivity contribution >= 4 is 0 Å². The van der Waals surface area contributed by atoms with Gasteiger partial charge in [0.2, 0.25) is 0 Å². The molecule has 0 heterocycles. The molecule has 0 aromatic heterocycles. The van der Waals surface area contributed by atoms with Crippen molar-refractivity contribution in [2.24, 2.45) is 0 Å². The fourth-order valence-corrected chi connectivity index (χ4v) is 0.822. The third-order valence-corrected chi connectivity index (χ3v) is 1.39. The first-order chi connectivity index (χ1) is 4.81. The molecule has 0 aromatic rings. The fourth-order valence-electron chi connectivity index (χ4n) is 0.822. The largest absolute Gasteiger partial charge is 0.382 e. The van der Waals surface area contributed by atoms with Gasteiger partial charge in [-0.3, -0.25) is 0 Å². The minimum Gasteiger partial charge on any atom is -0.382 e. The molecular formula is C8H18O2. The van der Waals surface area contributed by atoms with Gasteiger partial charge in [-0.05, 0) is 13.3 Å². The summed E-state index contributed by atoms with van der Waals surface area (Å²) < 4.78 is 10.2. The lowest BCUT2D eigenvalue weighted by Crippen LogP contribution is -2.11. The van der Waals surface area contributed by atoms with Gasteiger partial charge in [-0.1, -0.05) is 13.3 Å². The van der Waals surface area contributed by atoms with E-state index in [1.54, 1.807) is 7.11 Å². The molecule has 2 nitrogen and oxygen atoms in total. The number of hydrogen-bond donors (Lipinski definition) is 0. The van der Waals surface area contributed by atoms with E-state index in [2.05, 4.69) is 13.8 Å². The Kier molecular flexibility index (Phi) is 6.98. The van der Waals surface area contributed by atoms with Crippen molar-refractivity contribution in [1.82, 2.24) is 0 Å². The standard InChI is InChI=1S/C8H18O2/c1-4-5-8(2)10-7-6-9-3/h8H,4-7H2,1-3H3. The lowest BCUT2D eigenvalue weighted by Gasteiger charge is -2.10. The lowest BCUT2D eigenvalue weighted by atomic mass is 10.2. The van der Waals surface area contributed by atoms with Crippen LogP contribution in [0.5, 0.6) is 0 Å². The predicted octanol–water partition coefficient (Wildman–Crippen LogP) is 1.84. The molecule has 0 radical (unpaired) electrons. The molecule has 0 aliphatic rings. The highest BCUT2D eigenvalue weighted by Gasteiger charge is 1.97. The van der Waals surface area contributed by atoms with Crippen LogP contribution in [0.15, 0.2) is 0 Å². The third-order valence-electron chi connectivity index (χ3n) is 1.39. The van der Waals surface area contributed by atoms with Gasteiger partial charge in [0.15, 0.2) is 0 Å². The summed E-state index contributed by atoms with van der Waals surface area (Å²) >= 11 is 0. The Hall–Kier alpha value is -0.0800. The first-order valence-electron chi connectivity index (χ1n) is 3.91. The zero-order valence-corrected chi connectivity index (χ0v) is 7.22. The summed E-state index contributed by atoms with van der Waals surface area (Å²) in [6, 6.07) is 0. The van der Waals surface area contributed by atoms with Gasteiger partial charge in [-0.15, -0.1) is 0 Å². The first-order valence-corrected chi connectivity index (χ1v) is 3.91. The maximum absolute atomic E-state index is 5.40. The maximum atomic E-state index is 5.40. The van der Waals surface area contributed by atoms with Crippen LogP contribution in [-0.4, -0.2) is 26.4 Å². The Morgan fingerprint density at radius 2 is 2.00 bits per heavy atom. The Bertz CT molecular complexity index is 64.3. The van der Waals surface area contributed by atoms with Crippen molar-refractivity contribution in [3.8, 4) is 0 Å². The average molecular weight is 146 g/mol. The van der Waals surface area contributed by atoms with Crippen LogP contribution in [0.2, 0.25) is 0 Å². The average Bonchev–Trinajstić information content (AvgIpc) is 1.89. The summed E-state index contributed by atoms with van der Waals surface area (Å²) in [4.78, 5) is 0. The summed E-state index contributed by atoms with van der Waals surface area (Å²) in [5, 5.41) is 0. The van der Waals surface area contributed by atoms with E-state index in [9.17, 15) is 0 Å². The highest BCUT2D eigenvalue weighted by atomic mass is 16.5. The van der Waals surface area contributed by atoms with Crippen LogP contribution in [0, 0.1) is 0 Å². The normalized spacial score (nSPS) is 13.5. The molecule has 0 saturated carbocycles. The monoisotopic (exact) mass is 146 g/mol. The zero-order chi connectivity index (χ0) is 7.82. The molecule has 0 aromatic carbocycles. The Labute approximate surface area is 63.5 Å². The number of ether oxygens (including phenoxy) is 2. The van der Waals surface area contributed by atoms with E-state index in [1.165, 1.54) is 6.42 Å². The van der Waals surface area contributed by atoms with Gasteiger partial charge in [-0.25, -0.2) is 0 Å². The third kappa shape index (κ3) is 6.05. The molecule has 10 heavy (non-hydrogen) atoms. The van der Waals surface area contributed by atoms with Crippen molar-refractivity contribution in [2.75, 3.05) is 20.3 Å². The van der Waals surface area contributed by atoms with Crippen LogP contribution in [0.4, 0.5) is 0 Å². The molecule has 0 saturated heterocycles. The summed E-state index contributed by atoms with van der Waals surface area (Å²) in [7, 11) is 1.69. The fraction of sp³-hybridized carbons (Fsp3) is 1.00. The van der Waals surface area contributed by atoms with Crippen LogP contribution >= 0.6 is 0 Å². The van der Waals surface area contributed by atoms with Crippen molar-refractivity contribution in [3.05, 3.63) is 0 Å². The molecule has 0 aliphatic heterocycles. The predicted molar refractivity (Wildman–Crippen MR) is 42.2 cm³/mol. The topological polar surface area (TPSA) is 18.5 Å². The van der Waals surface area contributed by atoms with E-state index in [0.29, 0.717) is 12.7 Å². The summed E-state index contributed by atoms with van der Waals surface area (Å²) in [5.41, 5.74) is 0. The molecular weight excluding hydrogens is 128 g/mol. The van der Waals surface area contributed by atoms with Gasteiger partial charge in [0.05, 0.1) is 19.3 Å². The molecule has 62 valence electrons. The molecule has 0 rings (SSSR count). The second kappa shape index (κ2) is 7.03. The zero-order valence-electron chi connectivity index (χ0n) is 7.22. The molecule has 0 amide bonds. The summed E-state index contributed by atoms with van der Waals surface area (Å²) in [6.45, 7) is 5.68. The summed E-state index contributed by atoms with van der Waals surface area (Å²) in [6.07, 6.45) is 2.72. The van der Waals surface area contributed by atoms with Gasteiger partial charge in [0.25, 0.3) is 0 Å². The molecule has 2 heteroatoms. The summed E-state index contributed by atoms with van der Waals surface area (Å²) in [5.74, 6) is 0. The van der Waals surface area contributed by atoms with E-state index in [-0.39, 0.29) is 0 Å². The van der Waals surface area contributed by atoms with Crippen molar-refractivity contribution < 1.29 is 9.47 Å². The van der Waals surface area contributed by atoms with Gasteiger partial charge >= 0.3 is 0 Å². The minimum absolute atomic E-state index is 0.389. The lowest BCUT2D eigenvalue weighted by molar-refractivity contribution is 0.0223. The van der Waals surface area contributed by atoms with Gasteiger partial charge in [-0.2, -0.15) is 0 Å². The van der Waals surface area contributed by atoms with Gasteiger partial charge < -0.3 is 9.47 Å². The van der Waals surface area contributed by atoms with Crippen LogP contribution < -0.4 is 0 Å². The molecule has 1 atom stereocenters. The van der Waals surface area contributed by atoms with E-state index >= 15 is 0 Å². The van der Waals surface area contributed by atoms with Crippen LogP contribution in [0.25, 0.3) is 0 Å². The Morgan fingerprint density at radius 3 is 2.50 bits per heavy atom. The van der Waals surface area contributed by atoms with Crippen LogP contribution in [0.3, 0.4) is 0 Å². The molecule has 0 aliphatic carbocycles. The van der Waals surface area contributed by atoms with Gasteiger partial charge in [0, 0.05) is 7.11 Å². The molecule has 0 fully saturated rings. The molecule has 0 N–H and O–H groups in total. The number of rotatable bonds is 6. The maximum Gasteiger partial charge on any atom is 0.0703 e. The van der Waals surface area contributed by atoms with Crippen molar-refractivity contribution in [3.63, 3.8) is 0 Å². The minimum atomic E-state index is 0.389. The van der Waals surface area contributed by atoms with E-state index in [0.717, 1.165) is 13.0 Å². The van der Waals surface area contributed by atoms with Crippen LogP contribution in [-0.2, 0) is 9.47 Å². The highest BCUT2D eigenvalue weighted by molar-refractivity contribution is 4.46. The Morgan fingerprint density at radius 1 is 1.30 bits per heavy atom. The second-order valence-corrected chi connectivity index (χ2v) is 2.46. The smallest absolute Gasteiger partial charge is 0.0703 e. The number of methoxy groups -OCH3 is 1. The van der Waals surface area contributed by atoms with E-state index < -0.39 is 0 Å². The number of hydrogen-bond acceptors (Lipinski definition) is 2. The van der Waals surface area contributed by atoms with Crippen LogP contribution in [0.1, 0.15) is 26.7 Å². The second-order valence-electron chi connectivity index (χ2n) is 2.46. The molecule has 1 unspecified atom stereocenters. The van der Waals surface area contributed by atoms with E-state index in [1.807, 2.05) is 0 Å².